The van der Waals surface area contributed by atoms with E-state index in [4.69, 9.17) is 5.73 Å². The predicted molar refractivity (Wildman–Crippen MR) is 90.4 cm³/mol. The van der Waals surface area contributed by atoms with Crippen LogP contribution in [0.1, 0.15) is 11.5 Å². The lowest BCUT2D eigenvalue weighted by Crippen LogP contribution is -2.47. The second-order valence-electron chi connectivity index (χ2n) is 6.49. The first-order valence-corrected chi connectivity index (χ1v) is 7.89. The van der Waals surface area contributed by atoms with Crippen molar-refractivity contribution in [3.8, 4) is 24.0 Å². The molecule has 0 saturated carbocycles. The van der Waals surface area contributed by atoms with Crippen LogP contribution in [0.5, 0.6) is 5.75 Å². The summed E-state index contributed by atoms with van der Waals surface area (Å²) in [4.78, 5) is 2.08. The van der Waals surface area contributed by atoms with Crippen LogP contribution in [0.4, 0.5) is 0 Å². The van der Waals surface area contributed by atoms with E-state index in [2.05, 4.69) is 23.1 Å². The van der Waals surface area contributed by atoms with E-state index in [1.165, 1.54) is 12.1 Å². The molecule has 0 fully saturated rings. The number of aromatic hydroxyl groups is 1. The minimum atomic E-state index is -1.62. The summed E-state index contributed by atoms with van der Waals surface area (Å²) in [7, 11) is 1.95. The van der Waals surface area contributed by atoms with Gasteiger partial charge in [-0.15, -0.1) is 0 Å². The summed E-state index contributed by atoms with van der Waals surface area (Å²) in [6.45, 7) is 1.29. The molecule has 0 unspecified atom stereocenters. The van der Waals surface area contributed by atoms with Gasteiger partial charge in [-0.05, 0) is 30.3 Å². The standard InChI is InChI=1S/C19H17N5O/c1-24-7-6-14-15(8-20)18(23)19(10-21,11-22)17(16(14)9-24)12-2-4-13(25)5-3-12/h2-6,16-17,25H,7,9,23H2,1H3/t16-,17+/m1/s1. The monoisotopic (exact) mass is 331 g/mol. The molecule has 0 spiro atoms. The van der Waals surface area contributed by atoms with Crippen molar-refractivity contribution in [2.45, 2.75) is 5.92 Å². The Balaban J connectivity index is 2.32. The number of phenolic OH excluding ortho intramolecular Hbond substituents is 1. The molecule has 1 aromatic rings. The fourth-order valence-electron chi connectivity index (χ4n) is 3.88. The molecule has 2 aliphatic rings. The molecule has 6 heteroatoms. The predicted octanol–water partition coefficient (Wildman–Crippen LogP) is 1.75. The fraction of sp³-hybridized carbons (Fsp3) is 0.316. The molecule has 0 aromatic heterocycles. The van der Waals surface area contributed by atoms with Crippen molar-refractivity contribution in [3.63, 3.8) is 0 Å². The van der Waals surface area contributed by atoms with Crippen LogP contribution in [0, 0.1) is 45.3 Å². The second-order valence-corrected chi connectivity index (χ2v) is 6.49. The molecule has 0 saturated heterocycles. The first kappa shape index (κ1) is 16.6. The van der Waals surface area contributed by atoms with Crippen LogP contribution in [0.2, 0.25) is 0 Å². The van der Waals surface area contributed by atoms with E-state index in [9.17, 15) is 20.9 Å². The van der Waals surface area contributed by atoms with Crippen molar-refractivity contribution >= 4 is 0 Å². The molecule has 0 radical (unpaired) electrons. The van der Waals surface area contributed by atoms with Gasteiger partial charge in [-0.25, -0.2) is 0 Å². The van der Waals surface area contributed by atoms with Crippen LogP contribution < -0.4 is 5.73 Å². The molecule has 3 N–H and O–H groups in total. The molecule has 0 amide bonds. The molecule has 25 heavy (non-hydrogen) atoms. The van der Waals surface area contributed by atoms with Crippen LogP contribution in [-0.2, 0) is 0 Å². The van der Waals surface area contributed by atoms with Crippen molar-refractivity contribution in [1.82, 2.24) is 4.90 Å². The highest BCUT2D eigenvalue weighted by Gasteiger charge is 2.54. The van der Waals surface area contributed by atoms with Crippen LogP contribution in [0.25, 0.3) is 0 Å². The maximum absolute atomic E-state index is 9.89. The smallest absolute Gasteiger partial charge is 0.191 e. The summed E-state index contributed by atoms with van der Waals surface area (Å²) in [5.74, 6) is -0.615. The third-order valence-corrected chi connectivity index (χ3v) is 5.10. The minimum Gasteiger partial charge on any atom is -0.508 e. The number of benzene rings is 1. The number of phenols is 1. The lowest BCUT2D eigenvalue weighted by atomic mass is 9.58. The van der Waals surface area contributed by atoms with Gasteiger partial charge in [-0.3, -0.25) is 0 Å². The summed E-state index contributed by atoms with van der Waals surface area (Å²) in [6, 6.07) is 12.8. The van der Waals surface area contributed by atoms with Crippen LogP contribution >= 0.6 is 0 Å². The minimum absolute atomic E-state index is 0.0186. The molecule has 1 aliphatic heterocycles. The van der Waals surface area contributed by atoms with Crippen LogP contribution in [0.15, 0.2) is 47.2 Å². The first-order chi connectivity index (χ1) is 12.0. The lowest BCUT2D eigenvalue weighted by molar-refractivity contribution is 0.237. The Labute approximate surface area is 146 Å². The van der Waals surface area contributed by atoms with Crippen LogP contribution in [-0.4, -0.2) is 30.1 Å². The van der Waals surface area contributed by atoms with E-state index in [1.54, 1.807) is 12.1 Å². The van der Waals surface area contributed by atoms with E-state index >= 15 is 0 Å². The van der Waals surface area contributed by atoms with E-state index < -0.39 is 11.3 Å². The molecule has 2 atom stereocenters. The maximum Gasteiger partial charge on any atom is 0.191 e. The van der Waals surface area contributed by atoms with Gasteiger partial charge >= 0.3 is 0 Å². The topological polar surface area (TPSA) is 121 Å². The number of hydrogen-bond acceptors (Lipinski definition) is 6. The van der Waals surface area contributed by atoms with Crippen molar-refractivity contribution in [2.24, 2.45) is 17.1 Å². The molecule has 0 bridgehead atoms. The molecule has 1 aromatic carbocycles. The molecule has 6 nitrogen and oxygen atoms in total. The Hall–Kier alpha value is -3.27. The van der Waals surface area contributed by atoms with Gasteiger partial charge < -0.3 is 15.7 Å². The van der Waals surface area contributed by atoms with Crippen molar-refractivity contribution in [2.75, 3.05) is 20.1 Å². The van der Waals surface area contributed by atoms with Gasteiger partial charge in [0, 0.05) is 24.9 Å². The molecule has 124 valence electrons. The zero-order valence-corrected chi connectivity index (χ0v) is 13.8. The fourth-order valence-corrected chi connectivity index (χ4v) is 3.88. The number of hydrogen-bond donors (Lipinski definition) is 2. The zero-order valence-electron chi connectivity index (χ0n) is 13.8. The molecule has 1 heterocycles. The number of fused-ring (bicyclic) bond motifs is 1. The van der Waals surface area contributed by atoms with Gasteiger partial charge in [0.1, 0.15) is 11.8 Å². The van der Waals surface area contributed by atoms with E-state index in [-0.39, 0.29) is 22.9 Å². The van der Waals surface area contributed by atoms with Crippen LogP contribution in [0.3, 0.4) is 0 Å². The maximum atomic E-state index is 9.89. The highest BCUT2D eigenvalue weighted by Crippen LogP contribution is 2.54. The summed E-state index contributed by atoms with van der Waals surface area (Å²) >= 11 is 0. The third kappa shape index (κ3) is 2.34. The largest absolute Gasteiger partial charge is 0.508 e. The van der Waals surface area contributed by atoms with Crippen molar-refractivity contribution < 1.29 is 5.11 Å². The molecular weight excluding hydrogens is 314 g/mol. The van der Waals surface area contributed by atoms with E-state index in [1.807, 2.05) is 13.1 Å². The highest BCUT2D eigenvalue weighted by molar-refractivity contribution is 5.59. The summed E-state index contributed by atoms with van der Waals surface area (Å²) in [5.41, 5.74) is 6.39. The van der Waals surface area contributed by atoms with E-state index in [0.717, 1.165) is 11.1 Å². The normalized spacial score (nSPS) is 25.1. The second kappa shape index (κ2) is 5.98. The highest BCUT2D eigenvalue weighted by atomic mass is 16.3. The molecule has 3 rings (SSSR count). The first-order valence-electron chi connectivity index (χ1n) is 7.89. The van der Waals surface area contributed by atoms with E-state index in [0.29, 0.717) is 13.1 Å². The Morgan fingerprint density at radius 1 is 1.20 bits per heavy atom. The summed E-state index contributed by atoms with van der Waals surface area (Å²) < 4.78 is 0. The number of nitrogens with zero attached hydrogens (tertiary/aromatic N) is 4. The average molecular weight is 331 g/mol. The molecule has 1 aliphatic carbocycles. The van der Waals surface area contributed by atoms with Gasteiger partial charge in [0.15, 0.2) is 5.41 Å². The number of rotatable bonds is 1. The summed E-state index contributed by atoms with van der Waals surface area (Å²) in [6.07, 6.45) is 1.95. The molecular formula is C19H17N5O. The third-order valence-electron chi connectivity index (χ3n) is 5.10. The Kier molecular flexibility index (Phi) is 3.97. The number of nitrogens with two attached hydrogens (primary N) is 1. The SMILES string of the molecule is CN1CC=C2C(C#N)=C(N)C(C#N)(C#N)[C@@H](c3ccc(O)cc3)[C@@H]2C1. The Morgan fingerprint density at radius 2 is 1.84 bits per heavy atom. The summed E-state index contributed by atoms with van der Waals surface area (Å²) in [5, 5.41) is 38.9. The number of likely N-dealkylation sites (N-methyl/N-ethyl adjacent to an activating group) is 1. The van der Waals surface area contributed by atoms with Gasteiger partial charge in [-0.2, -0.15) is 15.8 Å². The van der Waals surface area contributed by atoms with Gasteiger partial charge in [0.2, 0.25) is 0 Å². The van der Waals surface area contributed by atoms with Gasteiger partial charge in [0.25, 0.3) is 0 Å². The zero-order chi connectivity index (χ0) is 18.2. The van der Waals surface area contributed by atoms with Gasteiger partial charge in [0.05, 0.1) is 23.4 Å². The quantitative estimate of drug-likeness (QED) is 0.808. The number of allylic oxidation sites excluding steroid dienone is 2. The number of nitriles is 3. The van der Waals surface area contributed by atoms with Crippen molar-refractivity contribution in [3.05, 3.63) is 52.7 Å². The lowest BCUT2D eigenvalue weighted by Gasteiger charge is -2.45. The average Bonchev–Trinajstić information content (AvgIpc) is 2.62. The van der Waals surface area contributed by atoms with Gasteiger partial charge in [-0.1, -0.05) is 18.2 Å². The Bertz CT molecular complexity index is 878. The van der Waals surface area contributed by atoms with Crippen molar-refractivity contribution in [1.29, 1.82) is 15.8 Å². The Morgan fingerprint density at radius 3 is 2.40 bits per heavy atom.